The van der Waals surface area contributed by atoms with Gasteiger partial charge in [0.05, 0.1) is 24.2 Å². The van der Waals surface area contributed by atoms with Gasteiger partial charge < -0.3 is 9.64 Å². The van der Waals surface area contributed by atoms with Gasteiger partial charge in [0.2, 0.25) is 5.91 Å². The molecule has 138 valence electrons. The van der Waals surface area contributed by atoms with E-state index in [2.05, 4.69) is 9.88 Å². The van der Waals surface area contributed by atoms with E-state index in [1.54, 1.807) is 24.4 Å². The van der Waals surface area contributed by atoms with Crippen LogP contribution < -0.4 is 0 Å². The molecule has 2 aliphatic heterocycles. The summed E-state index contributed by atoms with van der Waals surface area (Å²) in [6.07, 6.45) is 4.47. The maximum atomic E-state index is 12.7. The SMILES string of the molecule is COCCN1CCN(C(=O)CCc2ccncc2)[C@@H]2CS(=O)(=O)C[C@@H]21. The summed E-state index contributed by atoms with van der Waals surface area (Å²) in [6, 6.07) is 3.46. The molecule has 0 bridgehead atoms. The number of hydrogen-bond donors (Lipinski definition) is 0. The zero-order valence-corrected chi connectivity index (χ0v) is 15.3. The fraction of sp³-hybridized carbons (Fsp3) is 0.647. The lowest BCUT2D eigenvalue weighted by Gasteiger charge is -2.44. The predicted molar refractivity (Wildman–Crippen MR) is 93.9 cm³/mol. The van der Waals surface area contributed by atoms with Gasteiger partial charge in [-0.3, -0.25) is 14.7 Å². The van der Waals surface area contributed by atoms with Crippen LogP contribution in [0.3, 0.4) is 0 Å². The molecule has 0 aliphatic carbocycles. The van der Waals surface area contributed by atoms with Crippen molar-refractivity contribution in [1.29, 1.82) is 0 Å². The van der Waals surface area contributed by atoms with Crippen molar-refractivity contribution in [1.82, 2.24) is 14.8 Å². The van der Waals surface area contributed by atoms with Gasteiger partial charge in [-0.2, -0.15) is 0 Å². The van der Waals surface area contributed by atoms with E-state index in [9.17, 15) is 13.2 Å². The third-order valence-corrected chi connectivity index (χ3v) is 6.77. The van der Waals surface area contributed by atoms with Crippen LogP contribution in [-0.4, -0.2) is 86.0 Å². The van der Waals surface area contributed by atoms with Crippen molar-refractivity contribution in [3.05, 3.63) is 30.1 Å². The number of sulfone groups is 1. The van der Waals surface area contributed by atoms with Gasteiger partial charge in [0.25, 0.3) is 0 Å². The van der Waals surface area contributed by atoms with Crippen LogP contribution in [0.1, 0.15) is 12.0 Å². The Hall–Kier alpha value is -1.51. The van der Waals surface area contributed by atoms with E-state index < -0.39 is 9.84 Å². The minimum absolute atomic E-state index is 0.0373. The fourth-order valence-electron chi connectivity index (χ4n) is 3.76. The van der Waals surface area contributed by atoms with Crippen molar-refractivity contribution in [3.63, 3.8) is 0 Å². The number of fused-ring (bicyclic) bond motifs is 1. The maximum Gasteiger partial charge on any atom is 0.223 e. The first kappa shape index (κ1) is 18.3. The Balaban J connectivity index is 1.66. The first-order valence-corrected chi connectivity index (χ1v) is 10.4. The van der Waals surface area contributed by atoms with Gasteiger partial charge in [-0.25, -0.2) is 8.42 Å². The Morgan fingerprint density at radius 2 is 1.96 bits per heavy atom. The number of aryl methyl sites for hydroxylation is 1. The molecule has 0 unspecified atom stereocenters. The van der Waals surface area contributed by atoms with Crippen LogP contribution in [0.2, 0.25) is 0 Å². The molecule has 0 aromatic carbocycles. The lowest BCUT2D eigenvalue weighted by Crippen LogP contribution is -2.61. The average Bonchev–Trinajstić information content (AvgIpc) is 2.93. The second-order valence-corrected chi connectivity index (χ2v) is 8.84. The summed E-state index contributed by atoms with van der Waals surface area (Å²) in [6.45, 7) is 2.54. The minimum atomic E-state index is -3.10. The lowest BCUT2D eigenvalue weighted by atomic mass is 10.0. The number of hydrogen-bond acceptors (Lipinski definition) is 6. The van der Waals surface area contributed by atoms with Crippen molar-refractivity contribution >= 4 is 15.7 Å². The molecule has 2 saturated heterocycles. The van der Waals surface area contributed by atoms with E-state index in [4.69, 9.17) is 4.74 Å². The Morgan fingerprint density at radius 1 is 1.24 bits per heavy atom. The summed E-state index contributed by atoms with van der Waals surface area (Å²) < 4.78 is 29.5. The molecule has 0 spiro atoms. The number of carbonyl (C=O) groups excluding carboxylic acids is 1. The molecule has 1 aromatic heterocycles. The molecular weight excluding hydrogens is 342 g/mol. The van der Waals surface area contributed by atoms with Gasteiger partial charge >= 0.3 is 0 Å². The number of nitrogens with zero attached hydrogens (tertiary/aromatic N) is 3. The van der Waals surface area contributed by atoms with Crippen molar-refractivity contribution in [2.45, 2.75) is 24.9 Å². The van der Waals surface area contributed by atoms with E-state index in [0.29, 0.717) is 39.1 Å². The number of carbonyl (C=O) groups is 1. The standard InChI is InChI=1S/C17H25N3O4S/c1-24-11-10-19-8-9-20(16-13-25(22,23)12-15(16)19)17(21)3-2-14-4-6-18-7-5-14/h4-7,15-16H,2-3,8-13H2,1H3/t15-,16+/m0/s1. The summed E-state index contributed by atoms with van der Waals surface area (Å²) >= 11 is 0. The smallest absolute Gasteiger partial charge is 0.223 e. The zero-order chi connectivity index (χ0) is 17.9. The molecule has 2 atom stereocenters. The first-order valence-electron chi connectivity index (χ1n) is 8.62. The van der Waals surface area contributed by atoms with Crippen LogP contribution >= 0.6 is 0 Å². The molecule has 2 aliphatic rings. The third-order valence-electron chi connectivity index (χ3n) is 5.07. The van der Waals surface area contributed by atoms with E-state index in [1.165, 1.54) is 0 Å². The highest BCUT2D eigenvalue weighted by Crippen LogP contribution is 2.27. The molecule has 3 heterocycles. The average molecular weight is 367 g/mol. The Bertz CT molecular complexity index is 695. The molecular formula is C17H25N3O4S. The first-order chi connectivity index (χ1) is 12.0. The van der Waals surface area contributed by atoms with Crippen LogP contribution in [-0.2, 0) is 25.8 Å². The van der Waals surface area contributed by atoms with Crippen molar-refractivity contribution in [2.75, 3.05) is 44.9 Å². The second kappa shape index (κ2) is 7.80. The summed E-state index contributed by atoms with van der Waals surface area (Å²) in [5.41, 5.74) is 1.07. The zero-order valence-electron chi connectivity index (χ0n) is 14.5. The van der Waals surface area contributed by atoms with E-state index >= 15 is 0 Å². The monoisotopic (exact) mass is 367 g/mol. The van der Waals surface area contributed by atoms with Crippen molar-refractivity contribution in [2.24, 2.45) is 0 Å². The Morgan fingerprint density at radius 3 is 2.68 bits per heavy atom. The van der Waals surface area contributed by atoms with Gasteiger partial charge in [-0.1, -0.05) is 0 Å². The molecule has 1 amide bonds. The molecule has 0 saturated carbocycles. The van der Waals surface area contributed by atoms with E-state index in [0.717, 1.165) is 5.56 Å². The minimum Gasteiger partial charge on any atom is -0.383 e. The predicted octanol–water partition coefficient (Wildman–Crippen LogP) is -0.0296. The Labute approximate surface area is 148 Å². The molecule has 8 heteroatoms. The van der Waals surface area contributed by atoms with Gasteiger partial charge in [0, 0.05) is 51.6 Å². The molecule has 0 N–H and O–H groups in total. The van der Waals surface area contributed by atoms with Crippen molar-refractivity contribution < 1.29 is 17.9 Å². The largest absolute Gasteiger partial charge is 0.383 e. The van der Waals surface area contributed by atoms with Crippen LogP contribution in [0, 0.1) is 0 Å². The topological polar surface area (TPSA) is 79.8 Å². The van der Waals surface area contributed by atoms with E-state index in [1.807, 2.05) is 12.1 Å². The summed E-state index contributed by atoms with van der Waals surface area (Å²) in [7, 11) is -1.46. The number of aromatic nitrogens is 1. The number of ether oxygens (including phenoxy) is 1. The molecule has 0 radical (unpaired) electrons. The van der Waals surface area contributed by atoms with Crippen LogP contribution in [0.5, 0.6) is 0 Å². The van der Waals surface area contributed by atoms with E-state index in [-0.39, 0.29) is 29.5 Å². The highest BCUT2D eigenvalue weighted by molar-refractivity contribution is 7.91. The van der Waals surface area contributed by atoms with Gasteiger partial charge in [0.15, 0.2) is 9.84 Å². The normalized spacial score (nSPS) is 25.7. The fourth-order valence-corrected chi connectivity index (χ4v) is 5.78. The second-order valence-electron chi connectivity index (χ2n) is 6.68. The molecule has 7 nitrogen and oxygen atoms in total. The summed E-state index contributed by atoms with van der Waals surface area (Å²) in [5.74, 6) is 0.243. The van der Waals surface area contributed by atoms with Gasteiger partial charge in [0.1, 0.15) is 0 Å². The highest BCUT2D eigenvalue weighted by atomic mass is 32.2. The van der Waals surface area contributed by atoms with Crippen LogP contribution in [0.25, 0.3) is 0 Å². The van der Waals surface area contributed by atoms with Crippen molar-refractivity contribution in [3.8, 4) is 0 Å². The number of piperazine rings is 1. The molecule has 1 aromatic rings. The molecule has 3 rings (SSSR count). The Kier molecular flexibility index (Phi) is 5.71. The highest BCUT2D eigenvalue weighted by Gasteiger charge is 2.47. The molecule has 2 fully saturated rings. The number of pyridine rings is 1. The number of methoxy groups -OCH3 is 1. The van der Waals surface area contributed by atoms with Gasteiger partial charge in [-0.05, 0) is 24.1 Å². The third kappa shape index (κ3) is 4.37. The maximum absolute atomic E-state index is 12.7. The summed E-state index contributed by atoms with van der Waals surface area (Å²) in [4.78, 5) is 20.6. The number of rotatable bonds is 6. The van der Waals surface area contributed by atoms with Gasteiger partial charge in [-0.15, -0.1) is 0 Å². The quantitative estimate of drug-likeness (QED) is 0.703. The van der Waals surface area contributed by atoms with Crippen LogP contribution in [0.4, 0.5) is 0 Å². The molecule has 25 heavy (non-hydrogen) atoms. The summed E-state index contributed by atoms with van der Waals surface area (Å²) in [5, 5.41) is 0. The number of amides is 1. The van der Waals surface area contributed by atoms with Crippen LogP contribution in [0.15, 0.2) is 24.5 Å². The lowest BCUT2D eigenvalue weighted by molar-refractivity contribution is -0.137.